The fourth-order valence-electron chi connectivity index (χ4n) is 1.65. The van der Waals surface area contributed by atoms with E-state index in [1.54, 1.807) is 30.3 Å². The number of benzene rings is 1. The molecule has 0 fully saturated rings. The van der Waals surface area contributed by atoms with E-state index in [2.05, 4.69) is 15.3 Å². The summed E-state index contributed by atoms with van der Waals surface area (Å²) in [5.74, 6) is -0.220. The van der Waals surface area contributed by atoms with E-state index in [4.69, 9.17) is 0 Å². The SMILES string of the molecule is O=C(Nc1nc2ccc(=O)[nH]c2s1)c1ccccc1. The lowest BCUT2D eigenvalue weighted by molar-refractivity contribution is 0.102. The van der Waals surface area contributed by atoms with Gasteiger partial charge in [0.15, 0.2) is 5.13 Å². The van der Waals surface area contributed by atoms with E-state index in [9.17, 15) is 9.59 Å². The van der Waals surface area contributed by atoms with Gasteiger partial charge in [0.2, 0.25) is 5.56 Å². The Balaban J connectivity index is 1.89. The maximum Gasteiger partial charge on any atom is 0.257 e. The molecule has 3 aromatic rings. The minimum Gasteiger partial charge on any atom is -0.312 e. The summed E-state index contributed by atoms with van der Waals surface area (Å²) in [5, 5.41) is 3.18. The summed E-state index contributed by atoms with van der Waals surface area (Å²) in [6, 6.07) is 11.9. The van der Waals surface area contributed by atoms with Crippen molar-refractivity contribution in [1.29, 1.82) is 0 Å². The highest BCUT2D eigenvalue weighted by Gasteiger charge is 2.09. The average molecular weight is 271 g/mol. The second kappa shape index (κ2) is 4.66. The molecule has 0 spiro atoms. The molecule has 0 bridgehead atoms. The highest BCUT2D eigenvalue weighted by Crippen LogP contribution is 2.23. The number of anilines is 1. The molecular formula is C13H9N3O2S. The quantitative estimate of drug-likeness (QED) is 0.750. The summed E-state index contributed by atoms with van der Waals surface area (Å²) in [4.78, 5) is 30.7. The van der Waals surface area contributed by atoms with Gasteiger partial charge in [-0.3, -0.25) is 14.9 Å². The molecule has 0 aliphatic heterocycles. The molecule has 5 nitrogen and oxygen atoms in total. The maximum atomic E-state index is 11.9. The van der Waals surface area contributed by atoms with Gasteiger partial charge in [-0.15, -0.1) is 0 Å². The van der Waals surface area contributed by atoms with Crippen molar-refractivity contribution < 1.29 is 4.79 Å². The first-order valence-corrected chi connectivity index (χ1v) is 6.40. The van der Waals surface area contributed by atoms with Crippen LogP contribution in [0, 0.1) is 0 Å². The minimum atomic E-state index is -0.220. The van der Waals surface area contributed by atoms with Crippen molar-refractivity contribution in [2.24, 2.45) is 0 Å². The molecule has 6 heteroatoms. The second-order valence-electron chi connectivity index (χ2n) is 3.88. The molecule has 2 heterocycles. The van der Waals surface area contributed by atoms with Crippen molar-refractivity contribution in [1.82, 2.24) is 9.97 Å². The number of carbonyl (C=O) groups is 1. The van der Waals surface area contributed by atoms with Crippen LogP contribution in [0.1, 0.15) is 10.4 Å². The van der Waals surface area contributed by atoms with Crippen LogP contribution in [0.2, 0.25) is 0 Å². The summed E-state index contributed by atoms with van der Waals surface area (Å²) in [5.41, 5.74) is 1.04. The van der Waals surface area contributed by atoms with Gasteiger partial charge in [-0.2, -0.15) is 0 Å². The Labute approximate surface area is 111 Å². The molecule has 19 heavy (non-hydrogen) atoms. The number of nitrogens with zero attached hydrogens (tertiary/aromatic N) is 1. The Morgan fingerprint density at radius 1 is 1.16 bits per heavy atom. The summed E-state index contributed by atoms with van der Waals surface area (Å²) >= 11 is 1.24. The molecule has 0 atom stereocenters. The molecule has 1 amide bonds. The van der Waals surface area contributed by atoms with Gasteiger partial charge in [0, 0.05) is 11.6 Å². The molecule has 0 unspecified atom stereocenters. The topological polar surface area (TPSA) is 74.8 Å². The van der Waals surface area contributed by atoms with E-state index < -0.39 is 0 Å². The van der Waals surface area contributed by atoms with Gasteiger partial charge in [0.05, 0.1) is 0 Å². The third-order valence-corrected chi connectivity index (χ3v) is 3.44. The number of thiazole rings is 1. The average Bonchev–Trinajstić information content (AvgIpc) is 2.81. The van der Waals surface area contributed by atoms with Crippen LogP contribution in [0.15, 0.2) is 47.3 Å². The molecule has 0 saturated heterocycles. The van der Waals surface area contributed by atoms with Crippen molar-refractivity contribution in [3.63, 3.8) is 0 Å². The van der Waals surface area contributed by atoms with Crippen LogP contribution in [0.25, 0.3) is 10.3 Å². The van der Waals surface area contributed by atoms with Crippen molar-refractivity contribution in [2.75, 3.05) is 5.32 Å². The van der Waals surface area contributed by atoms with Crippen molar-refractivity contribution in [3.8, 4) is 0 Å². The van der Waals surface area contributed by atoms with Crippen LogP contribution in [0.5, 0.6) is 0 Å². The van der Waals surface area contributed by atoms with Gasteiger partial charge in [-0.25, -0.2) is 4.98 Å². The van der Waals surface area contributed by atoms with Gasteiger partial charge < -0.3 is 4.98 Å². The number of fused-ring (bicyclic) bond motifs is 1. The first-order chi connectivity index (χ1) is 9.22. The zero-order valence-electron chi connectivity index (χ0n) is 9.71. The van der Waals surface area contributed by atoms with Crippen LogP contribution < -0.4 is 10.9 Å². The number of amides is 1. The van der Waals surface area contributed by atoms with Gasteiger partial charge in [0.25, 0.3) is 5.91 Å². The van der Waals surface area contributed by atoms with Crippen LogP contribution in [0.3, 0.4) is 0 Å². The highest BCUT2D eigenvalue weighted by atomic mass is 32.1. The standard InChI is InChI=1S/C13H9N3O2S/c17-10-7-6-9-12(15-10)19-13(14-9)16-11(18)8-4-2-1-3-5-8/h1-7H,(H,15,17)(H,14,16,18). The molecule has 94 valence electrons. The first kappa shape index (κ1) is 11.6. The van der Waals surface area contributed by atoms with E-state index in [0.29, 0.717) is 21.0 Å². The number of carbonyl (C=O) groups excluding carboxylic acids is 1. The Hall–Kier alpha value is -2.47. The van der Waals surface area contributed by atoms with Crippen molar-refractivity contribution >= 4 is 32.7 Å². The maximum absolute atomic E-state index is 11.9. The van der Waals surface area contributed by atoms with Gasteiger partial charge in [-0.05, 0) is 18.2 Å². The van der Waals surface area contributed by atoms with E-state index in [0.717, 1.165) is 0 Å². The second-order valence-corrected chi connectivity index (χ2v) is 4.88. The van der Waals surface area contributed by atoms with Gasteiger partial charge in [0.1, 0.15) is 10.3 Å². The lowest BCUT2D eigenvalue weighted by Crippen LogP contribution is -2.11. The number of aromatic amines is 1. The van der Waals surface area contributed by atoms with E-state index >= 15 is 0 Å². The number of nitrogens with one attached hydrogen (secondary N) is 2. The number of hydrogen-bond acceptors (Lipinski definition) is 4. The zero-order valence-corrected chi connectivity index (χ0v) is 10.5. The fourth-order valence-corrected chi connectivity index (χ4v) is 2.51. The Kier molecular flexibility index (Phi) is 2.85. The summed E-state index contributed by atoms with van der Waals surface area (Å²) in [7, 11) is 0. The predicted molar refractivity (Wildman–Crippen MR) is 74.6 cm³/mol. The van der Waals surface area contributed by atoms with E-state index in [1.165, 1.54) is 17.4 Å². The Bertz CT molecular complexity index is 792. The van der Waals surface area contributed by atoms with E-state index in [-0.39, 0.29) is 11.5 Å². The number of H-pyrrole nitrogens is 1. The summed E-state index contributed by atoms with van der Waals surface area (Å²) in [6.07, 6.45) is 0. The van der Waals surface area contributed by atoms with Crippen molar-refractivity contribution in [3.05, 3.63) is 58.4 Å². The largest absolute Gasteiger partial charge is 0.312 e. The molecule has 0 saturated carbocycles. The van der Waals surface area contributed by atoms with Crippen LogP contribution in [-0.4, -0.2) is 15.9 Å². The number of hydrogen-bond donors (Lipinski definition) is 2. The number of pyridine rings is 1. The molecule has 3 rings (SSSR count). The molecule has 1 aromatic carbocycles. The molecule has 2 N–H and O–H groups in total. The van der Waals surface area contributed by atoms with Crippen LogP contribution >= 0.6 is 11.3 Å². The Morgan fingerprint density at radius 3 is 2.74 bits per heavy atom. The summed E-state index contributed by atoms with van der Waals surface area (Å²) in [6.45, 7) is 0. The Morgan fingerprint density at radius 2 is 1.95 bits per heavy atom. The lowest BCUT2D eigenvalue weighted by Gasteiger charge is -2.00. The third kappa shape index (κ3) is 2.38. The monoisotopic (exact) mass is 271 g/mol. The van der Waals surface area contributed by atoms with Gasteiger partial charge >= 0.3 is 0 Å². The van der Waals surface area contributed by atoms with Crippen LogP contribution in [-0.2, 0) is 0 Å². The smallest absolute Gasteiger partial charge is 0.257 e. The van der Waals surface area contributed by atoms with Crippen molar-refractivity contribution in [2.45, 2.75) is 0 Å². The van der Waals surface area contributed by atoms with Crippen LogP contribution in [0.4, 0.5) is 5.13 Å². The fraction of sp³-hybridized carbons (Fsp3) is 0. The van der Waals surface area contributed by atoms with E-state index in [1.807, 2.05) is 6.07 Å². The minimum absolute atomic E-state index is 0.183. The number of aromatic nitrogens is 2. The highest BCUT2D eigenvalue weighted by molar-refractivity contribution is 7.21. The predicted octanol–water partition coefficient (Wildman–Crippen LogP) is 2.24. The normalized spacial score (nSPS) is 10.5. The molecule has 0 aliphatic rings. The third-order valence-electron chi connectivity index (χ3n) is 2.54. The molecule has 0 radical (unpaired) electrons. The molecular weight excluding hydrogens is 262 g/mol. The molecule has 0 aliphatic carbocycles. The summed E-state index contributed by atoms with van der Waals surface area (Å²) < 4.78 is 0. The molecule has 2 aromatic heterocycles. The first-order valence-electron chi connectivity index (χ1n) is 5.59. The zero-order chi connectivity index (χ0) is 13.2. The number of rotatable bonds is 2. The van der Waals surface area contributed by atoms with Gasteiger partial charge in [-0.1, -0.05) is 29.5 Å². The lowest BCUT2D eigenvalue weighted by atomic mass is 10.2.